The van der Waals surface area contributed by atoms with Gasteiger partial charge < -0.3 is 14.2 Å². The van der Waals surface area contributed by atoms with Gasteiger partial charge in [-0.3, -0.25) is 9.59 Å². The van der Waals surface area contributed by atoms with Gasteiger partial charge in [0.25, 0.3) is 0 Å². The third kappa shape index (κ3) is 3.25. The van der Waals surface area contributed by atoms with Crippen molar-refractivity contribution in [3.63, 3.8) is 0 Å². The van der Waals surface area contributed by atoms with Crippen LogP contribution in [0.5, 0.6) is 11.5 Å². The molecule has 0 N–H and O–H groups in total. The minimum absolute atomic E-state index is 0.0824. The van der Waals surface area contributed by atoms with Crippen LogP contribution in [0.3, 0.4) is 0 Å². The van der Waals surface area contributed by atoms with Crippen molar-refractivity contribution in [2.45, 2.75) is 51.4 Å². The van der Waals surface area contributed by atoms with Gasteiger partial charge in [0, 0.05) is 42.7 Å². The molecule has 5 nitrogen and oxygen atoms in total. The standard InChI is InChI=1S/C22H23IO5/c1-3-27-22-13(23)10-12(11-18(22)26-2)19-20-14(24)6-4-8-16(20)28-17-9-5-7-15(25)21(17)19/h10-11,19H,3-9H2,1-2H3. The molecular formula is C22H23IO5. The third-order valence-electron chi connectivity index (χ3n) is 5.51. The summed E-state index contributed by atoms with van der Waals surface area (Å²) in [5, 5.41) is 0. The van der Waals surface area contributed by atoms with Gasteiger partial charge in [0.1, 0.15) is 11.5 Å². The van der Waals surface area contributed by atoms with E-state index >= 15 is 0 Å². The summed E-state index contributed by atoms with van der Waals surface area (Å²) < 4.78 is 18.3. The minimum Gasteiger partial charge on any atom is -0.493 e. The molecule has 4 rings (SSSR count). The van der Waals surface area contributed by atoms with E-state index in [1.54, 1.807) is 7.11 Å². The van der Waals surface area contributed by atoms with E-state index in [9.17, 15) is 9.59 Å². The number of carbonyl (C=O) groups is 2. The topological polar surface area (TPSA) is 61.8 Å². The molecule has 2 aliphatic carbocycles. The van der Waals surface area contributed by atoms with E-state index < -0.39 is 0 Å². The average Bonchev–Trinajstić information content (AvgIpc) is 2.68. The maximum absolute atomic E-state index is 12.9. The number of methoxy groups -OCH3 is 1. The zero-order valence-corrected chi connectivity index (χ0v) is 18.3. The maximum Gasteiger partial charge on any atom is 0.174 e. The Morgan fingerprint density at radius 1 is 1.04 bits per heavy atom. The minimum atomic E-state index is -0.377. The number of Topliss-reactive ketones (excluding diaryl/α,β-unsaturated/α-hetero) is 2. The highest BCUT2D eigenvalue weighted by atomic mass is 127. The average molecular weight is 494 g/mol. The summed E-state index contributed by atoms with van der Waals surface area (Å²) in [4.78, 5) is 25.7. The number of benzene rings is 1. The highest BCUT2D eigenvalue weighted by Crippen LogP contribution is 2.49. The Hall–Kier alpha value is -1.83. The molecular weight excluding hydrogens is 471 g/mol. The Kier molecular flexibility index (Phi) is 5.49. The van der Waals surface area contributed by atoms with Crippen LogP contribution in [0.2, 0.25) is 0 Å². The molecule has 6 heteroatoms. The lowest BCUT2D eigenvalue weighted by atomic mass is 9.73. The van der Waals surface area contributed by atoms with Crippen LogP contribution < -0.4 is 9.47 Å². The number of allylic oxidation sites excluding steroid dienone is 4. The second kappa shape index (κ2) is 7.89. The SMILES string of the molecule is CCOc1c(I)cc(C2C3=C(CCCC3=O)OC3=C2C(=O)CCC3)cc1OC. The molecule has 0 spiro atoms. The summed E-state index contributed by atoms with van der Waals surface area (Å²) in [5.74, 6) is 2.59. The van der Waals surface area contributed by atoms with E-state index in [0.717, 1.165) is 46.3 Å². The van der Waals surface area contributed by atoms with E-state index in [-0.39, 0.29) is 17.5 Å². The number of carbonyl (C=O) groups excluding carboxylic acids is 2. The van der Waals surface area contributed by atoms with Gasteiger partial charge in [-0.25, -0.2) is 0 Å². The number of ether oxygens (including phenoxy) is 3. The molecule has 0 radical (unpaired) electrons. The van der Waals surface area contributed by atoms with Crippen LogP contribution in [-0.2, 0) is 14.3 Å². The van der Waals surface area contributed by atoms with Crippen molar-refractivity contribution in [2.75, 3.05) is 13.7 Å². The van der Waals surface area contributed by atoms with Gasteiger partial charge in [-0.15, -0.1) is 0 Å². The van der Waals surface area contributed by atoms with Gasteiger partial charge in [-0.2, -0.15) is 0 Å². The van der Waals surface area contributed by atoms with Crippen LogP contribution >= 0.6 is 22.6 Å². The van der Waals surface area contributed by atoms with Crippen molar-refractivity contribution in [2.24, 2.45) is 0 Å². The molecule has 0 fully saturated rings. The molecule has 0 saturated carbocycles. The number of halogens is 1. The van der Waals surface area contributed by atoms with Crippen molar-refractivity contribution in [3.8, 4) is 11.5 Å². The molecule has 0 atom stereocenters. The van der Waals surface area contributed by atoms with Crippen molar-refractivity contribution in [3.05, 3.63) is 43.9 Å². The summed E-state index contributed by atoms with van der Waals surface area (Å²) in [6.07, 6.45) is 4.08. The normalized spacial score (nSPS) is 20.0. The number of hydrogen-bond acceptors (Lipinski definition) is 5. The Morgan fingerprint density at radius 2 is 1.64 bits per heavy atom. The van der Waals surface area contributed by atoms with Crippen LogP contribution in [0.15, 0.2) is 34.8 Å². The highest BCUT2D eigenvalue weighted by Gasteiger charge is 2.42. The lowest BCUT2D eigenvalue weighted by molar-refractivity contribution is -0.117. The fraction of sp³-hybridized carbons (Fsp3) is 0.455. The van der Waals surface area contributed by atoms with Gasteiger partial charge in [0.05, 0.1) is 17.3 Å². The molecule has 1 aromatic rings. The second-order valence-corrected chi connectivity index (χ2v) is 8.39. The fourth-order valence-corrected chi connectivity index (χ4v) is 5.12. The molecule has 0 amide bonds. The highest BCUT2D eigenvalue weighted by molar-refractivity contribution is 14.1. The van der Waals surface area contributed by atoms with Crippen LogP contribution in [0.1, 0.15) is 56.9 Å². The lowest BCUT2D eigenvalue weighted by Crippen LogP contribution is -2.30. The van der Waals surface area contributed by atoms with Gasteiger partial charge in [-0.05, 0) is 60.1 Å². The smallest absolute Gasteiger partial charge is 0.174 e. The fourth-order valence-electron chi connectivity index (χ4n) is 4.34. The Labute approximate surface area is 178 Å². The first-order valence-corrected chi connectivity index (χ1v) is 10.8. The van der Waals surface area contributed by atoms with Crippen LogP contribution in [0.25, 0.3) is 0 Å². The third-order valence-corrected chi connectivity index (χ3v) is 6.32. The molecule has 0 unspecified atom stereocenters. The Balaban J connectivity index is 1.91. The monoisotopic (exact) mass is 494 g/mol. The zero-order chi connectivity index (χ0) is 19.8. The molecule has 0 bridgehead atoms. The van der Waals surface area contributed by atoms with Crippen LogP contribution in [-0.4, -0.2) is 25.3 Å². The van der Waals surface area contributed by atoms with Crippen LogP contribution in [0.4, 0.5) is 0 Å². The van der Waals surface area contributed by atoms with E-state index in [0.29, 0.717) is 42.1 Å². The van der Waals surface area contributed by atoms with Gasteiger partial charge in [-0.1, -0.05) is 0 Å². The molecule has 1 heterocycles. The number of hydrogen-bond donors (Lipinski definition) is 0. The first-order chi connectivity index (χ1) is 13.5. The second-order valence-electron chi connectivity index (χ2n) is 7.23. The number of ketones is 2. The molecule has 28 heavy (non-hydrogen) atoms. The first-order valence-electron chi connectivity index (χ1n) is 9.75. The zero-order valence-electron chi connectivity index (χ0n) is 16.1. The van der Waals surface area contributed by atoms with Crippen molar-refractivity contribution in [1.82, 2.24) is 0 Å². The lowest BCUT2D eigenvalue weighted by Gasteiger charge is -2.36. The molecule has 0 saturated heterocycles. The molecule has 1 aliphatic heterocycles. The Bertz CT molecular complexity index is 870. The predicted octanol–water partition coefficient (Wildman–Crippen LogP) is 4.83. The van der Waals surface area contributed by atoms with Gasteiger partial charge in [0.15, 0.2) is 23.1 Å². The Morgan fingerprint density at radius 3 is 2.18 bits per heavy atom. The molecule has 148 valence electrons. The maximum atomic E-state index is 12.9. The van der Waals surface area contributed by atoms with Gasteiger partial charge >= 0.3 is 0 Å². The van der Waals surface area contributed by atoms with E-state index in [4.69, 9.17) is 14.2 Å². The van der Waals surface area contributed by atoms with E-state index in [2.05, 4.69) is 22.6 Å². The largest absolute Gasteiger partial charge is 0.493 e. The van der Waals surface area contributed by atoms with Gasteiger partial charge in [0.2, 0.25) is 0 Å². The summed E-state index contributed by atoms with van der Waals surface area (Å²) in [7, 11) is 1.61. The summed E-state index contributed by atoms with van der Waals surface area (Å²) in [6, 6.07) is 3.91. The van der Waals surface area contributed by atoms with Crippen molar-refractivity contribution in [1.29, 1.82) is 0 Å². The quantitative estimate of drug-likeness (QED) is 0.562. The number of rotatable bonds is 4. The van der Waals surface area contributed by atoms with Crippen molar-refractivity contribution >= 4 is 34.2 Å². The molecule has 3 aliphatic rings. The molecule has 1 aromatic carbocycles. The predicted molar refractivity (Wildman–Crippen MR) is 112 cm³/mol. The first kappa shape index (κ1) is 19.5. The molecule has 0 aromatic heterocycles. The van der Waals surface area contributed by atoms with E-state index in [1.165, 1.54) is 0 Å². The summed E-state index contributed by atoms with van der Waals surface area (Å²) in [6.45, 7) is 2.46. The van der Waals surface area contributed by atoms with Crippen LogP contribution in [0, 0.1) is 3.57 Å². The van der Waals surface area contributed by atoms with Crippen molar-refractivity contribution < 1.29 is 23.8 Å². The van der Waals surface area contributed by atoms with E-state index in [1.807, 2.05) is 19.1 Å². The summed E-state index contributed by atoms with van der Waals surface area (Å²) in [5.41, 5.74) is 2.20. The summed E-state index contributed by atoms with van der Waals surface area (Å²) >= 11 is 2.22.